The Hall–Kier alpha value is -2.65. The second-order valence-electron chi connectivity index (χ2n) is 15.7. The molecule has 270 valence electrons. The molecule has 1 atom stereocenters. The largest absolute Gasteiger partial charge is 0.462 e. The number of hydrogen-bond donors (Lipinski definition) is 1. The fourth-order valence-corrected chi connectivity index (χ4v) is 9.00. The van der Waals surface area contributed by atoms with Gasteiger partial charge in [0.25, 0.3) is 0 Å². The average molecular weight is 669 g/mol. The van der Waals surface area contributed by atoms with Gasteiger partial charge in [0.05, 0.1) is 18.8 Å². The van der Waals surface area contributed by atoms with Gasteiger partial charge in [-0.25, -0.2) is 4.79 Å². The Bertz CT molecular complexity index is 1340. The highest BCUT2D eigenvalue weighted by Crippen LogP contribution is 2.43. The van der Waals surface area contributed by atoms with E-state index in [4.69, 9.17) is 9.84 Å². The summed E-state index contributed by atoms with van der Waals surface area (Å²) in [5, 5.41) is 9.13. The van der Waals surface area contributed by atoms with Crippen molar-refractivity contribution < 1.29 is 14.6 Å². The van der Waals surface area contributed by atoms with E-state index in [1.165, 1.54) is 118 Å². The van der Waals surface area contributed by atoms with Crippen molar-refractivity contribution in [3.8, 4) is 11.1 Å². The number of aryl methyl sites for hydroxylation is 3. The molecule has 3 nitrogen and oxygen atoms in total. The van der Waals surface area contributed by atoms with Crippen LogP contribution in [-0.4, -0.2) is 24.3 Å². The van der Waals surface area contributed by atoms with Gasteiger partial charge in [0.2, 0.25) is 0 Å². The zero-order chi connectivity index (χ0) is 35.2. The van der Waals surface area contributed by atoms with Gasteiger partial charge >= 0.3 is 5.97 Å². The van der Waals surface area contributed by atoms with Crippen LogP contribution in [0.4, 0.5) is 0 Å². The molecule has 0 saturated heterocycles. The van der Waals surface area contributed by atoms with Gasteiger partial charge in [-0.05, 0) is 147 Å². The number of benzene rings is 2. The molecular weight excluding hydrogens is 601 g/mol. The van der Waals surface area contributed by atoms with Crippen LogP contribution in [-0.2, 0) is 28.8 Å². The first kappa shape index (κ1) is 39.1. The number of aliphatic hydroxyl groups is 1. The molecule has 0 spiro atoms. The average Bonchev–Trinajstić information content (AvgIpc) is 3.13. The van der Waals surface area contributed by atoms with Gasteiger partial charge in [0.15, 0.2) is 0 Å². The smallest absolute Gasteiger partial charge is 0.335 e. The van der Waals surface area contributed by atoms with Crippen LogP contribution in [0.15, 0.2) is 60.7 Å². The highest BCUT2D eigenvalue weighted by Gasteiger charge is 2.29. The molecule has 2 aliphatic carbocycles. The van der Waals surface area contributed by atoms with Crippen LogP contribution in [0.3, 0.4) is 0 Å². The first-order chi connectivity index (χ1) is 23.8. The first-order valence-electron chi connectivity index (χ1n) is 20.1. The normalized spacial score (nSPS) is 21.7. The predicted molar refractivity (Wildman–Crippen MR) is 208 cm³/mol. The summed E-state index contributed by atoms with van der Waals surface area (Å²) in [7, 11) is 0. The van der Waals surface area contributed by atoms with Crippen molar-refractivity contribution in [1.29, 1.82) is 0 Å². The van der Waals surface area contributed by atoms with Gasteiger partial charge in [0, 0.05) is 0 Å². The van der Waals surface area contributed by atoms with E-state index in [0.717, 1.165) is 37.5 Å². The lowest BCUT2D eigenvalue weighted by molar-refractivity contribution is -0.140. The SMILES string of the molecule is C=C(C)CC(CCOC(=O)C(=C)CO)C1CCC(CCC2CCC(c3ccc(-c4ccc(CCCCC)c(CC)c4)c(CC)c3)CC2)CC1. The number of carbonyl (C=O) groups is 1. The highest BCUT2D eigenvalue weighted by atomic mass is 16.5. The monoisotopic (exact) mass is 669 g/mol. The van der Waals surface area contributed by atoms with Crippen molar-refractivity contribution in [1.82, 2.24) is 0 Å². The zero-order valence-corrected chi connectivity index (χ0v) is 31.7. The van der Waals surface area contributed by atoms with Gasteiger partial charge in [-0.1, -0.05) is 108 Å². The molecule has 0 amide bonds. The molecule has 2 fully saturated rings. The lowest BCUT2D eigenvalue weighted by atomic mass is 9.71. The van der Waals surface area contributed by atoms with E-state index in [1.807, 2.05) is 0 Å². The number of allylic oxidation sites excluding steroid dienone is 1. The molecule has 1 N–H and O–H groups in total. The zero-order valence-electron chi connectivity index (χ0n) is 31.7. The van der Waals surface area contributed by atoms with Crippen LogP contribution >= 0.6 is 0 Å². The van der Waals surface area contributed by atoms with Gasteiger partial charge in [-0.2, -0.15) is 0 Å². The van der Waals surface area contributed by atoms with E-state index in [0.29, 0.717) is 24.4 Å². The predicted octanol–water partition coefficient (Wildman–Crippen LogP) is 12.1. The Morgan fingerprint density at radius 3 is 2.12 bits per heavy atom. The Kier molecular flexibility index (Phi) is 16.2. The van der Waals surface area contributed by atoms with E-state index in [9.17, 15) is 4.79 Å². The molecule has 2 aromatic carbocycles. The van der Waals surface area contributed by atoms with Crippen molar-refractivity contribution in [2.24, 2.45) is 23.7 Å². The fraction of sp³-hybridized carbons (Fsp3) is 0.630. The van der Waals surface area contributed by atoms with Gasteiger partial charge in [-0.3, -0.25) is 0 Å². The molecule has 0 radical (unpaired) electrons. The van der Waals surface area contributed by atoms with Gasteiger partial charge in [-0.15, -0.1) is 6.58 Å². The number of aliphatic hydroxyl groups excluding tert-OH is 1. The maximum absolute atomic E-state index is 11.9. The minimum atomic E-state index is -0.474. The molecular formula is C46H68O3. The van der Waals surface area contributed by atoms with Crippen molar-refractivity contribution in [3.05, 3.63) is 83.0 Å². The van der Waals surface area contributed by atoms with Crippen LogP contribution < -0.4 is 0 Å². The summed E-state index contributed by atoms with van der Waals surface area (Å²) in [6, 6.07) is 14.7. The molecule has 4 rings (SSSR count). The van der Waals surface area contributed by atoms with Crippen LogP contribution in [0.2, 0.25) is 0 Å². The molecule has 3 heteroatoms. The topological polar surface area (TPSA) is 46.5 Å². The Morgan fingerprint density at radius 2 is 1.51 bits per heavy atom. The number of carbonyl (C=O) groups excluding carboxylic acids is 1. The van der Waals surface area contributed by atoms with E-state index in [1.54, 1.807) is 11.1 Å². The maximum Gasteiger partial charge on any atom is 0.335 e. The Balaban J connectivity index is 1.23. The quantitative estimate of drug-likeness (QED) is 0.0701. The number of unbranched alkanes of at least 4 members (excludes halogenated alkanes) is 2. The molecule has 1 unspecified atom stereocenters. The fourth-order valence-electron chi connectivity index (χ4n) is 9.00. The number of rotatable bonds is 19. The minimum absolute atomic E-state index is 0.130. The van der Waals surface area contributed by atoms with Gasteiger partial charge in [0.1, 0.15) is 0 Å². The van der Waals surface area contributed by atoms with Crippen molar-refractivity contribution in [3.63, 3.8) is 0 Å². The van der Waals surface area contributed by atoms with Crippen LogP contribution in [0.5, 0.6) is 0 Å². The number of esters is 1. The third-order valence-corrected chi connectivity index (χ3v) is 12.1. The Morgan fingerprint density at radius 1 is 0.837 bits per heavy atom. The van der Waals surface area contributed by atoms with Crippen molar-refractivity contribution in [2.75, 3.05) is 13.2 Å². The van der Waals surface area contributed by atoms with Crippen molar-refractivity contribution >= 4 is 5.97 Å². The van der Waals surface area contributed by atoms with Crippen molar-refractivity contribution in [2.45, 2.75) is 149 Å². The lowest BCUT2D eigenvalue weighted by Gasteiger charge is -2.35. The van der Waals surface area contributed by atoms with Crippen LogP contribution in [0, 0.1) is 23.7 Å². The Labute approximate surface area is 300 Å². The van der Waals surface area contributed by atoms with Crippen LogP contribution in [0.1, 0.15) is 152 Å². The molecule has 2 aromatic rings. The molecule has 0 bridgehead atoms. The summed E-state index contributed by atoms with van der Waals surface area (Å²) in [5.74, 6) is 3.19. The summed E-state index contributed by atoms with van der Waals surface area (Å²) in [6.07, 6.45) is 22.6. The summed E-state index contributed by atoms with van der Waals surface area (Å²) in [5.41, 5.74) is 10.3. The molecule has 49 heavy (non-hydrogen) atoms. The summed E-state index contributed by atoms with van der Waals surface area (Å²) in [4.78, 5) is 11.9. The molecule has 2 saturated carbocycles. The standard InChI is InChI=1S/C46H68O3/c1-7-10-11-12-39-23-24-44(30-37(39)8-2)45-26-25-42(31-38(45)9-3)40-19-15-35(16-20-40)13-14-36-17-21-41(22-18-36)43(29-33(4)5)27-28-49-46(48)34(6)32-47/h23-26,30-31,35-36,40-41,43,47H,4,6-22,27-29,32H2,1-3,5H3. The van der Waals surface area contributed by atoms with E-state index in [-0.39, 0.29) is 12.2 Å². The van der Waals surface area contributed by atoms with E-state index >= 15 is 0 Å². The lowest BCUT2D eigenvalue weighted by Crippen LogP contribution is -2.24. The van der Waals surface area contributed by atoms with E-state index < -0.39 is 5.97 Å². The summed E-state index contributed by atoms with van der Waals surface area (Å²) < 4.78 is 5.39. The van der Waals surface area contributed by atoms with Crippen LogP contribution in [0.25, 0.3) is 11.1 Å². The van der Waals surface area contributed by atoms with E-state index in [2.05, 4.69) is 77.3 Å². The third-order valence-electron chi connectivity index (χ3n) is 12.1. The summed E-state index contributed by atoms with van der Waals surface area (Å²) in [6.45, 7) is 16.8. The molecule has 2 aliphatic rings. The minimum Gasteiger partial charge on any atom is -0.462 e. The summed E-state index contributed by atoms with van der Waals surface area (Å²) >= 11 is 0. The number of hydrogen-bond acceptors (Lipinski definition) is 3. The molecule has 0 aromatic heterocycles. The highest BCUT2D eigenvalue weighted by molar-refractivity contribution is 5.87. The number of ether oxygens (including phenoxy) is 1. The molecule has 0 heterocycles. The maximum atomic E-state index is 11.9. The second-order valence-corrected chi connectivity index (χ2v) is 15.7. The third kappa shape index (κ3) is 11.7. The van der Waals surface area contributed by atoms with Gasteiger partial charge < -0.3 is 9.84 Å². The second kappa shape index (κ2) is 20.3. The first-order valence-corrected chi connectivity index (χ1v) is 20.1. The molecule has 0 aliphatic heterocycles.